The zero-order valence-corrected chi connectivity index (χ0v) is 10.4. The van der Waals surface area contributed by atoms with E-state index in [-0.39, 0.29) is 11.3 Å². The lowest BCUT2D eigenvalue weighted by Gasteiger charge is -2.13. The third kappa shape index (κ3) is 2.52. The maximum absolute atomic E-state index is 12.3. The van der Waals surface area contributed by atoms with Gasteiger partial charge in [0.1, 0.15) is 5.75 Å². The molecule has 0 aliphatic heterocycles. The van der Waals surface area contributed by atoms with Gasteiger partial charge in [-0.2, -0.15) is 0 Å². The summed E-state index contributed by atoms with van der Waals surface area (Å²) in [5.74, 6) is -2.48. The number of carbonyl (C=O) groups is 1. The van der Waals surface area contributed by atoms with Gasteiger partial charge in [0.2, 0.25) is 0 Å². The summed E-state index contributed by atoms with van der Waals surface area (Å²) in [5, 5.41) is 9.08. The first-order chi connectivity index (χ1) is 8.64. The molecular formula is C13H13F3O3. The molecule has 2 rings (SSSR count). The number of ether oxygens (including phenoxy) is 1. The van der Waals surface area contributed by atoms with Crippen LogP contribution in [0.2, 0.25) is 0 Å². The Morgan fingerprint density at radius 2 is 1.89 bits per heavy atom. The van der Waals surface area contributed by atoms with Gasteiger partial charge in [-0.05, 0) is 17.0 Å². The fraction of sp³-hybridized carbons (Fsp3) is 0.462. The van der Waals surface area contributed by atoms with Crippen LogP contribution in [0.5, 0.6) is 5.75 Å². The monoisotopic (exact) mass is 274 g/mol. The Balaban J connectivity index is 2.34. The number of para-hydroxylation sites is 1. The number of carboxylic acid groups (broad SMARTS) is 1. The summed E-state index contributed by atoms with van der Waals surface area (Å²) < 4.78 is 40.9. The lowest BCUT2D eigenvalue weighted by molar-refractivity contribution is -0.274. The van der Waals surface area contributed by atoms with Gasteiger partial charge in [-0.3, -0.25) is 4.79 Å². The molecule has 0 amide bonds. The van der Waals surface area contributed by atoms with E-state index in [0.717, 1.165) is 0 Å². The smallest absolute Gasteiger partial charge is 0.481 e. The van der Waals surface area contributed by atoms with E-state index < -0.39 is 29.6 Å². The van der Waals surface area contributed by atoms with Crippen molar-refractivity contribution in [2.24, 2.45) is 11.3 Å². The zero-order valence-electron chi connectivity index (χ0n) is 10.4. The van der Waals surface area contributed by atoms with Crippen molar-refractivity contribution in [3.05, 3.63) is 29.8 Å². The average Bonchev–Trinajstić information content (AvgIpc) is 2.80. The van der Waals surface area contributed by atoms with E-state index >= 15 is 0 Å². The summed E-state index contributed by atoms with van der Waals surface area (Å²) in [6, 6.07) is 5.69. The highest BCUT2D eigenvalue weighted by molar-refractivity contribution is 5.78. The molecule has 0 aromatic heterocycles. The van der Waals surface area contributed by atoms with Crippen molar-refractivity contribution < 1.29 is 27.8 Å². The minimum absolute atomic E-state index is 0.289. The summed E-state index contributed by atoms with van der Waals surface area (Å²) in [7, 11) is 0. The van der Waals surface area contributed by atoms with Gasteiger partial charge in [0.15, 0.2) is 0 Å². The minimum Gasteiger partial charge on any atom is -0.481 e. The molecule has 0 spiro atoms. The average molecular weight is 274 g/mol. The van der Waals surface area contributed by atoms with Crippen LogP contribution in [-0.2, 0) is 4.79 Å². The normalized spacial score (nSPS) is 24.9. The lowest BCUT2D eigenvalue weighted by atomic mass is 10.0. The maximum Gasteiger partial charge on any atom is 0.573 e. The van der Waals surface area contributed by atoms with E-state index in [9.17, 15) is 18.0 Å². The Kier molecular flexibility index (Phi) is 2.99. The number of benzene rings is 1. The van der Waals surface area contributed by atoms with E-state index in [1.165, 1.54) is 18.2 Å². The van der Waals surface area contributed by atoms with Crippen LogP contribution in [0, 0.1) is 11.3 Å². The van der Waals surface area contributed by atoms with Crippen molar-refractivity contribution in [2.45, 2.75) is 26.1 Å². The molecule has 0 saturated heterocycles. The van der Waals surface area contributed by atoms with Crippen molar-refractivity contribution in [1.82, 2.24) is 0 Å². The summed E-state index contributed by atoms with van der Waals surface area (Å²) in [5.41, 5.74) is -0.283. The van der Waals surface area contributed by atoms with Crippen LogP contribution in [0.4, 0.5) is 13.2 Å². The molecule has 1 fully saturated rings. The van der Waals surface area contributed by atoms with Crippen LogP contribution in [0.1, 0.15) is 25.3 Å². The number of carboxylic acids is 1. The molecule has 1 aromatic carbocycles. The second-order valence-corrected chi connectivity index (χ2v) is 5.20. The number of hydrogen-bond acceptors (Lipinski definition) is 2. The fourth-order valence-corrected chi connectivity index (χ4v) is 2.63. The van der Waals surface area contributed by atoms with Gasteiger partial charge >= 0.3 is 12.3 Å². The van der Waals surface area contributed by atoms with E-state index in [1.54, 1.807) is 19.9 Å². The van der Waals surface area contributed by atoms with Gasteiger partial charge in [-0.15, -0.1) is 13.2 Å². The molecular weight excluding hydrogens is 261 g/mol. The molecule has 6 heteroatoms. The van der Waals surface area contributed by atoms with Crippen LogP contribution < -0.4 is 4.74 Å². The van der Waals surface area contributed by atoms with Crippen LogP contribution in [0.25, 0.3) is 0 Å². The SMILES string of the molecule is CC1(C)C(C(=O)O)C1c1ccccc1OC(F)(F)F. The molecule has 104 valence electrons. The second kappa shape index (κ2) is 4.15. The van der Waals surface area contributed by atoms with E-state index in [0.29, 0.717) is 0 Å². The predicted octanol–water partition coefficient (Wildman–Crippen LogP) is 3.41. The van der Waals surface area contributed by atoms with Crippen molar-refractivity contribution in [1.29, 1.82) is 0 Å². The van der Waals surface area contributed by atoms with Crippen LogP contribution in [-0.4, -0.2) is 17.4 Å². The molecule has 1 saturated carbocycles. The van der Waals surface area contributed by atoms with Crippen LogP contribution in [0.15, 0.2) is 24.3 Å². The van der Waals surface area contributed by atoms with Gasteiger partial charge in [0, 0.05) is 5.92 Å². The maximum atomic E-state index is 12.3. The van der Waals surface area contributed by atoms with Gasteiger partial charge in [-0.1, -0.05) is 32.0 Å². The highest BCUT2D eigenvalue weighted by Crippen LogP contribution is 2.65. The molecule has 1 aromatic rings. The predicted molar refractivity (Wildman–Crippen MR) is 60.8 cm³/mol. The molecule has 2 unspecified atom stereocenters. The van der Waals surface area contributed by atoms with Crippen LogP contribution in [0.3, 0.4) is 0 Å². The fourth-order valence-electron chi connectivity index (χ4n) is 2.63. The van der Waals surface area contributed by atoms with Crippen molar-refractivity contribution in [2.75, 3.05) is 0 Å². The zero-order chi connectivity index (χ0) is 14.4. The summed E-state index contributed by atoms with van der Waals surface area (Å²) in [4.78, 5) is 11.1. The molecule has 0 bridgehead atoms. The van der Waals surface area contributed by atoms with Crippen LogP contribution >= 0.6 is 0 Å². The van der Waals surface area contributed by atoms with Crippen molar-refractivity contribution in [3.63, 3.8) is 0 Å². The Labute approximate surface area is 108 Å². The lowest BCUT2D eigenvalue weighted by Crippen LogP contribution is -2.18. The molecule has 0 heterocycles. The number of rotatable bonds is 3. The molecule has 1 aliphatic carbocycles. The standard InChI is InChI=1S/C13H13F3O3/c1-12(2)9(10(12)11(17)18)7-5-3-4-6-8(7)19-13(14,15)16/h3-6,9-10H,1-2H3,(H,17,18). The topological polar surface area (TPSA) is 46.5 Å². The highest BCUT2D eigenvalue weighted by Gasteiger charge is 2.63. The molecule has 3 nitrogen and oxygen atoms in total. The van der Waals surface area contributed by atoms with Crippen molar-refractivity contribution in [3.8, 4) is 5.75 Å². The number of alkyl halides is 3. The highest BCUT2D eigenvalue weighted by atomic mass is 19.4. The van der Waals surface area contributed by atoms with Crippen molar-refractivity contribution >= 4 is 5.97 Å². The molecule has 2 atom stereocenters. The molecule has 1 aliphatic rings. The Morgan fingerprint density at radius 3 is 2.37 bits per heavy atom. The number of halogens is 3. The van der Waals surface area contributed by atoms with E-state index in [1.807, 2.05) is 0 Å². The Bertz CT molecular complexity index is 508. The first-order valence-corrected chi connectivity index (χ1v) is 5.72. The molecule has 19 heavy (non-hydrogen) atoms. The minimum atomic E-state index is -4.78. The molecule has 0 radical (unpaired) electrons. The Morgan fingerprint density at radius 1 is 1.32 bits per heavy atom. The summed E-state index contributed by atoms with van der Waals surface area (Å²) in [6.07, 6.45) is -4.78. The third-order valence-electron chi connectivity index (χ3n) is 3.57. The van der Waals surface area contributed by atoms with Gasteiger partial charge in [-0.25, -0.2) is 0 Å². The first-order valence-electron chi connectivity index (χ1n) is 5.72. The van der Waals surface area contributed by atoms with Gasteiger partial charge < -0.3 is 9.84 Å². The largest absolute Gasteiger partial charge is 0.573 e. The van der Waals surface area contributed by atoms with E-state index in [4.69, 9.17) is 5.11 Å². The first kappa shape index (κ1) is 13.7. The van der Waals surface area contributed by atoms with E-state index in [2.05, 4.69) is 4.74 Å². The quantitative estimate of drug-likeness (QED) is 0.918. The molecule has 1 N–H and O–H groups in total. The summed E-state index contributed by atoms with van der Waals surface area (Å²) >= 11 is 0. The third-order valence-corrected chi connectivity index (χ3v) is 3.57. The van der Waals surface area contributed by atoms with Gasteiger partial charge in [0.05, 0.1) is 5.92 Å². The Hall–Kier alpha value is -1.72. The number of aliphatic carboxylic acids is 1. The second-order valence-electron chi connectivity index (χ2n) is 5.20. The van der Waals surface area contributed by atoms with Gasteiger partial charge in [0.25, 0.3) is 0 Å². The summed E-state index contributed by atoms with van der Waals surface area (Å²) in [6.45, 7) is 3.45. The number of hydrogen-bond donors (Lipinski definition) is 1.